The van der Waals surface area contributed by atoms with Gasteiger partial charge in [-0.3, -0.25) is 0 Å². The molecule has 0 saturated heterocycles. The summed E-state index contributed by atoms with van der Waals surface area (Å²) in [7, 11) is 1.76. The lowest BCUT2D eigenvalue weighted by atomic mass is 9.79. The number of aliphatic hydroxyl groups excluding tert-OH is 1. The van der Waals surface area contributed by atoms with E-state index in [9.17, 15) is 5.11 Å². The SMILES string of the molecule is COC1CCCC1(CO)Cc1ccccc1. The smallest absolute Gasteiger partial charge is 0.0652 e. The van der Waals surface area contributed by atoms with Crippen molar-refractivity contribution in [2.24, 2.45) is 5.41 Å². The van der Waals surface area contributed by atoms with Gasteiger partial charge in [0, 0.05) is 12.5 Å². The summed E-state index contributed by atoms with van der Waals surface area (Å²) >= 11 is 0. The minimum absolute atomic E-state index is 0.0594. The van der Waals surface area contributed by atoms with Gasteiger partial charge in [-0.25, -0.2) is 0 Å². The van der Waals surface area contributed by atoms with Crippen LogP contribution in [0.1, 0.15) is 24.8 Å². The zero-order valence-electron chi connectivity index (χ0n) is 9.86. The molecule has 1 aromatic carbocycles. The quantitative estimate of drug-likeness (QED) is 0.844. The summed E-state index contributed by atoms with van der Waals surface area (Å²) in [4.78, 5) is 0. The van der Waals surface area contributed by atoms with E-state index < -0.39 is 0 Å². The molecule has 0 radical (unpaired) electrons. The molecule has 2 unspecified atom stereocenters. The van der Waals surface area contributed by atoms with E-state index in [1.54, 1.807) is 7.11 Å². The van der Waals surface area contributed by atoms with E-state index in [-0.39, 0.29) is 18.1 Å². The molecule has 2 nitrogen and oxygen atoms in total. The van der Waals surface area contributed by atoms with E-state index in [4.69, 9.17) is 4.74 Å². The molecular formula is C14H20O2. The molecular weight excluding hydrogens is 200 g/mol. The van der Waals surface area contributed by atoms with Crippen LogP contribution in [0.15, 0.2) is 30.3 Å². The van der Waals surface area contributed by atoms with E-state index in [1.165, 1.54) is 5.56 Å². The van der Waals surface area contributed by atoms with Crippen molar-refractivity contribution in [3.05, 3.63) is 35.9 Å². The standard InChI is InChI=1S/C14H20O2/c1-16-13-8-5-9-14(13,11-15)10-12-6-3-2-4-7-12/h2-4,6-7,13,15H,5,8-11H2,1H3. The number of aliphatic hydroxyl groups is 1. The second-order valence-electron chi connectivity index (χ2n) is 4.80. The maximum absolute atomic E-state index is 9.70. The second-order valence-corrected chi connectivity index (χ2v) is 4.80. The number of hydrogen-bond donors (Lipinski definition) is 1. The highest BCUT2D eigenvalue weighted by Crippen LogP contribution is 2.42. The predicted octanol–water partition coefficient (Wildman–Crippen LogP) is 2.41. The lowest BCUT2D eigenvalue weighted by molar-refractivity contribution is -0.0226. The van der Waals surface area contributed by atoms with Gasteiger partial charge >= 0.3 is 0 Å². The topological polar surface area (TPSA) is 29.5 Å². The first kappa shape index (κ1) is 11.6. The fourth-order valence-corrected chi connectivity index (χ4v) is 2.92. The van der Waals surface area contributed by atoms with E-state index >= 15 is 0 Å². The summed E-state index contributed by atoms with van der Waals surface area (Å²) in [6.07, 6.45) is 4.42. The molecule has 0 heterocycles. The highest BCUT2D eigenvalue weighted by atomic mass is 16.5. The summed E-state index contributed by atoms with van der Waals surface area (Å²) in [6.45, 7) is 0.223. The van der Waals surface area contributed by atoms with Crippen molar-refractivity contribution in [3.63, 3.8) is 0 Å². The van der Waals surface area contributed by atoms with Crippen molar-refractivity contribution in [1.29, 1.82) is 0 Å². The largest absolute Gasteiger partial charge is 0.396 e. The Bertz CT molecular complexity index is 323. The molecule has 0 spiro atoms. The normalized spacial score (nSPS) is 29.5. The molecule has 0 aliphatic heterocycles. The first-order chi connectivity index (χ1) is 7.80. The number of ether oxygens (including phenoxy) is 1. The van der Waals surface area contributed by atoms with Gasteiger partial charge in [-0.1, -0.05) is 36.8 Å². The molecule has 88 valence electrons. The number of rotatable bonds is 4. The lowest BCUT2D eigenvalue weighted by Crippen LogP contribution is -2.37. The summed E-state index contributed by atoms with van der Waals surface area (Å²) in [5, 5.41) is 9.70. The Balaban J connectivity index is 2.16. The Morgan fingerprint density at radius 1 is 1.38 bits per heavy atom. The van der Waals surface area contributed by atoms with Gasteiger partial charge < -0.3 is 9.84 Å². The van der Waals surface area contributed by atoms with Crippen LogP contribution < -0.4 is 0 Å². The first-order valence-corrected chi connectivity index (χ1v) is 5.98. The highest BCUT2D eigenvalue weighted by Gasteiger charge is 2.42. The maximum atomic E-state index is 9.70. The molecule has 1 aliphatic rings. The maximum Gasteiger partial charge on any atom is 0.0652 e. The van der Waals surface area contributed by atoms with Crippen LogP contribution in [-0.2, 0) is 11.2 Å². The Morgan fingerprint density at radius 2 is 2.12 bits per heavy atom. The van der Waals surface area contributed by atoms with Crippen LogP contribution in [0.5, 0.6) is 0 Å². The molecule has 16 heavy (non-hydrogen) atoms. The van der Waals surface area contributed by atoms with Crippen molar-refractivity contribution < 1.29 is 9.84 Å². The van der Waals surface area contributed by atoms with Crippen molar-refractivity contribution in [1.82, 2.24) is 0 Å². The zero-order chi connectivity index (χ0) is 11.4. The van der Waals surface area contributed by atoms with Gasteiger partial charge in [0.25, 0.3) is 0 Å². The first-order valence-electron chi connectivity index (χ1n) is 5.98. The van der Waals surface area contributed by atoms with Crippen LogP contribution in [0.3, 0.4) is 0 Å². The summed E-state index contributed by atoms with van der Waals surface area (Å²) in [5.74, 6) is 0. The second kappa shape index (κ2) is 4.98. The van der Waals surface area contributed by atoms with Crippen molar-refractivity contribution in [3.8, 4) is 0 Å². The van der Waals surface area contributed by atoms with E-state index in [1.807, 2.05) is 6.07 Å². The van der Waals surface area contributed by atoms with Gasteiger partial charge in [0.15, 0.2) is 0 Å². The molecule has 2 atom stereocenters. The monoisotopic (exact) mass is 220 g/mol. The lowest BCUT2D eigenvalue weighted by Gasteiger charge is -2.33. The third-order valence-electron chi connectivity index (χ3n) is 3.82. The summed E-state index contributed by atoms with van der Waals surface area (Å²) in [5.41, 5.74) is 1.23. The minimum atomic E-state index is -0.0594. The third-order valence-corrected chi connectivity index (χ3v) is 3.82. The minimum Gasteiger partial charge on any atom is -0.396 e. The molecule has 1 N–H and O–H groups in total. The molecule has 0 aromatic heterocycles. The molecule has 1 saturated carbocycles. The van der Waals surface area contributed by atoms with Crippen molar-refractivity contribution in [2.45, 2.75) is 31.8 Å². The molecule has 0 bridgehead atoms. The average Bonchev–Trinajstić information content (AvgIpc) is 2.74. The molecule has 1 aliphatic carbocycles. The van der Waals surface area contributed by atoms with Crippen LogP contribution in [0.4, 0.5) is 0 Å². The van der Waals surface area contributed by atoms with Crippen LogP contribution in [0.25, 0.3) is 0 Å². The van der Waals surface area contributed by atoms with E-state index in [2.05, 4.69) is 24.3 Å². The fraction of sp³-hybridized carbons (Fsp3) is 0.571. The van der Waals surface area contributed by atoms with Crippen LogP contribution >= 0.6 is 0 Å². The van der Waals surface area contributed by atoms with Crippen LogP contribution in [0.2, 0.25) is 0 Å². The van der Waals surface area contributed by atoms with Crippen molar-refractivity contribution in [2.75, 3.05) is 13.7 Å². The number of methoxy groups -OCH3 is 1. The molecule has 2 heteroatoms. The highest BCUT2D eigenvalue weighted by molar-refractivity contribution is 5.18. The predicted molar refractivity (Wildman–Crippen MR) is 64.3 cm³/mol. The van der Waals surface area contributed by atoms with Gasteiger partial charge in [0.2, 0.25) is 0 Å². The van der Waals surface area contributed by atoms with Crippen LogP contribution in [0, 0.1) is 5.41 Å². The molecule has 2 rings (SSSR count). The van der Waals surface area contributed by atoms with E-state index in [0.717, 1.165) is 25.7 Å². The molecule has 1 fully saturated rings. The third kappa shape index (κ3) is 2.13. The Hall–Kier alpha value is -0.860. The Labute approximate surface area is 97.3 Å². The molecule has 1 aromatic rings. The number of benzene rings is 1. The van der Waals surface area contributed by atoms with E-state index in [0.29, 0.717) is 0 Å². The summed E-state index contributed by atoms with van der Waals surface area (Å²) in [6, 6.07) is 10.4. The van der Waals surface area contributed by atoms with Gasteiger partial charge in [-0.2, -0.15) is 0 Å². The fourth-order valence-electron chi connectivity index (χ4n) is 2.92. The zero-order valence-corrected chi connectivity index (χ0v) is 9.86. The number of hydrogen-bond acceptors (Lipinski definition) is 2. The van der Waals surface area contributed by atoms with Crippen LogP contribution in [-0.4, -0.2) is 24.9 Å². The van der Waals surface area contributed by atoms with Crippen molar-refractivity contribution >= 4 is 0 Å². The van der Waals surface area contributed by atoms with Gasteiger partial charge in [-0.05, 0) is 24.8 Å². The van der Waals surface area contributed by atoms with Gasteiger partial charge in [0.05, 0.1) is 12.7 Å². The Kier molecular flexibility index (Phi) is 3.62. The summed E-state index contributed by atoms with van der Waals surface area (Å²) < 4.78 is 5.53. The van der Waals surface area contributed by atoms with Gasteiger partial charge in [-0.15, -0.1) is 0 Å². The average molecular weight is 220 g/mol. The molecule has 0 amide bonds. The van der Waals surface area contributed by atoms with Gasteiger partial charge in [0.1, 0.15) is 0 Å². The Morgan fingerprint density at radius 3 is 2.75 bits per heavy atom.